The maximum atomic E-state index is 10.1. The number of hydrogen-bond acceptors (Lipinski definition) is 3. The molecule has 0 aliphatic rings. The summed E-state index contributed by atoms with van der Waals surface area (Å²) in [5, 5.41) is 0. The fourth-order valence-electron chi connectivity index (χ4n) is 0.829. The Morgan fingerprint density at radius 1 is 0.917 bits per heavy atom. The first kappa shape index (κ1) is 10.8. The summed E-state index contributed by atoms with van der Waals surface area (Å²) in [5.74, 6) is 0. The van der Waals surface area contributed by atoms with E-state index in [1.165, 1.54) is 0 Å². The van der Waals surface area contributed by atoms with Gasteiger partial charge in [0.15, 0.2) is 0 Å². The minimum Gasteiger partial charge on any atom is -0.303 e. The van der Waals surface area contributed by atoms with Crippen LogP contribution in [0, 0.1) is 0 Å². The molecule has 0 saturated carbocycles. The van der Waals surface area contributed by atoms with Gasteiger partial charge >= 0.3 is 0 Å². The number of aldehydes is 1. The Labute approximate surface area is 71.5 Å². The monoisotopic (exact) mass is 171 g/mol. The number of rotatable bonds is 8. The van der Waals surface area contributed by atoms with Gasteiger partial charge in [0, 0.05) is 13.0 Å². The lowest BCUT2D eigenvalue weighted by Gasteiger charge is -2.06. The van der Waals surface area contributed by atoms with Crippen LogP contribution in [0.25, 0.3) is 0 Å². The van der Waals surface area contributed by atoms with Crippen molar-refractivity contribution >= 4 is 19.1 Å². The molecule has 0 aromatic carbocycles. The van der Waals surface area contributed by atoms with Gasteiger partial charge in [-0.05, 0) is 12.8 Å². The third-order valence-electron chi connectivity index (χ3n) is 1.51. The van der Waals surface area contributed by atoms with E-state index in [0.29, 0.717) is 25.8 Å². The maximum absolute atomic E-state index is 10.1. The Bertz CT molecular complexity index is 139. The van der Waals surface area contributed by atoms with Gasteiger partial charge in [0.25, 0.3) is 0 Å². The SMILES string of the molecule is O=CCCCCCN(C=O)C=O. The summed E-state index contributed by atoms with van der Waals surface area (Å²) in [4.78, 5) is 31.1. The largest absolute Gasteiger partial charge is 0.303 e. The Balaban J connectivity index is 3.22. The molecular formula is C8H13NO3. The zero-order valence-corrected chi connectivity index (χ0v) is 6.94. The molecule has 4 heteroatoms. The van der Waals surface area contributed by atoms with Gasteiger partial charge in [-0.1, -0.05) is 6.42 Å². The number of hydrogen-bond donors (Lipinski definition) is 0. The molecule has 0 aliphatic carbocycles. The highest BCUT2D eigenvalue weighted by Crippen LogP contribution is 1.98. The maximum Gasteiger partial charge on any atom is 0.216 e. The van der Waals surface area contributed by atoms with Gasteiger partial charge in [-0.25, -0.2) is 0 Å². The molecule has 0 radical (unpaired) electrons. The molecule has 0 heterocycles. The molecule has 0 aromatic heterocycles. The molecule has 0 aromatic rings. The van der Waals surface area contributed by atoms with Crippen LogP contribution in [-0.2, 0) is 14.4 Å². The van der Waals surface area contributed by atoms with Gasteiger partial charge in [0.1, 0.15) is 6.29 Å². The molecule has 0 bridgehead atoms. The van der Waals surface area contributed by atoms with Crippen LogP contribution in [0.15, 0.2) is 0 Å². The lowest BCUT2D eigenvalue weighted by molar-refractivity contribution is -0.129. The van der Waals surface area contributed by atoms with Crippen LogP contribution in [0.3, 0.4) is 0 Å². The third kappa shape index (κ3) is 5.58. The summed E-state index contributed by atoms with van der Waals surface area (Å²) in [6.45, 7) is 0.450. The second-order valence-electron chi connectivity index (χ2n) is 2.46. The summed E-state index contributed by atoms with van der Waals surface area (Å²) in [6.07, 6.45) is 4.91. The minimum absolute atomic E-state index is 0.450. The smallest absolute Gasteiger partial charge is 0.216 e. The predicted octanol–water partition coefficient (Wildman–Crippen LogP) is 0.361. The van der Waals surface area contributed by atoms with Crippen LogP contribution in [-0.4, -0.2) is 30.6 Å². The first-order chi connectivity index (χ1) is 5.85. The molecular weight excluding hydrogens is 158 g/mol. The van der Waals surface area contributed by atoms with Gasteiger partial charge in [-0.15, -0.1) is 0 Å². The van der Waals surface area contributed by atoms with E-state index in [-0.39, 0.29) is 0 Å². The molecule has 0 atom stereocenters. The molecule has 68 valence electrons. The summed E-state index contributed by atoms with van der Waals surface area (Å²) >= 11 is 0. The van der Waals surface area contributed by atoms with Crippen LogP contribution in [0.4, 0.5) is 0 Å². The van der Waals surface area contributed by atoms with E-state index in [0.717, 1.165) is 30.4 Å². The molecule has 0 spiro atoms. The van der Waals surface area contributed by atoms with Crippen LogP contribution >= 0.6 is 0 Å². The Kier molecular flexibility index (Phi) is 7.13. The van der Waals surface area contributed by atoms with Crippen LogP contribution in [0.1, 0.15) is 25.7 Å². The average Bonchev–Trinajstić information content (AvgIpc) is 2.11. The normalized spacial score (nSPS) is 9.00. The highest BCUT2D eigenvalue weighted by Gasteiger charge is 1.96. The summed E-state index contributed by atoms with van der Waals surface area (Å²) in [5.41, 5.74) is 0. The summed E-state index contributed by atoms with van der Waals surface area (Å²) in [7, 11) is 0. The van der Waals surface area contributed by atoms with Crippen molar-refractivity contribution in [3.63, 3.8) is 0 Å². The molecule has 12 heavy (non-hydrogen) atoms. The van der Waals surface area contributed by atoms with Gasteiger partial charge in [-0.3, -0.25) is 14.5 Å². The lowest BCUT2D eigenvalue weighted by Crippen LogP contribution is -2.20. The van der Waals surface area contributed by atoms with Crippen molar-refractivity contribution in [1.82, 2.24) is 4.90 Å². The minimum atomic E-state index is 0.450. The van der Waals surface area contributed by atoms with E-state index >= 15 is 0 Å². The first-order valence-electron chi connectivity index (χ1n) is 3.95. The van der Waals surface area contributed by atoms with E-state index < -0.39 is 0 Å². The number of nitrogens with zero attached hydrogens (tertiary/aromatic N) is 1. The standard InChI is InChI=1S/C8H13NO3/c10-6-4-2-1-3-5-9(7-11)8-12/h6-8H,1-5H2. The Hall–Kier alpha value is -1.19. The highest BCUT2D eigenvalue weighted by molar-refractivity contribution is 5.68. The van der Waals surface area contributed by atoms with E-state index in [1.807, 2.05) is 0 Å². The topological polar surface area (TPSA) is 54.5 Å². The molecule has 0 rings (SSSR count). The van der Waals surface area contributed by atoms with E-state index in [4.69, 9.17) is 0 Å². The van der Waals surface area contributed by atoms with Gasteiger partial charge in [0.2, 0.25) is 12.8 Å². The fraction of sp³-hybridized carbons (Fsp3) is 0.625. The molecule has 2 amide bonds. The number of carbonyl (C=O) groups is 3. The molecule has 0 saturated heterocycles. The molecule has 4 nitrogen and oxygen atoms in total. The van der Waals surface area contributed by atoms with Crippen molar-refractivity contribution in [3.8, 4) is 0 Å². The van der Waals surface area contributed by atoms with Crippen LogP contribution < -0.4 is 0 Å². The van der Waals surface area contributed by atoms with Crippen molar-refractivity contribution in [2.45, 2.75) is 25.7 Å². The molecule has 0 N–H and O–H groups in total. The predicted molar refractivity (Wildman–Crippen MR) is 43.4 cm³/mol. The van der Waals surface area contributed by atoms with Gasteiger partial charge < -0.3 is 4.79 Å². The number of carbonyl (C=O) groups excluding carboxylic acids is 3. The van der Waals surface area contributed by atoms with E-state index in [9.17, 15) is 14.4 Å². The van der Waals surface area contributed by atoms with E-state index in [1.54, 1.807) is 0 Å². The quantitative estimate of drug-likeness (QED) is 0.391. The van der Waals surface area contributed by atoms with Gasteiger partial charge in [-0.2, -0.15) is 0 Å². The Morgan fingerprint density at radius 2 is 1.58 bits per heavy atom. The third-order valence-corrected chi connectivity index (χ3v) is 1.51. The summed E-state index contributed by atoms with van der Waals surface area (Å²) < 4.78 is 0. The highest BCUT2D eigenvalue weighted by atomic mass is 16.2. The van der Waals surface area contributed by atoms with Crippen LogP contribution in [0.5, 0.6) is 0 Å². The second kappa shape index (κ2) is 7.91. The first-order valence-corrected chi connectivity index (χ1v) is 3.95. The number of imide groups is 1. The Morgan fingerprint density at radius 3 is 2.08 bits per heavy atom. The average molecular weight is 171 g/mol. The molecule has 0 aliphatic heterocycles. The fourth-order valence-corrected chi connectivity index (χ4v) is 0.829. The van der Waals surface area contributed by atoms with Crippen LogP contribution in [0.2, 0.25) is 0 Å². The van der Waals surface area contributed by atoms with Crippen molar-refractivity contribution < 1.29 is 14.4 Å². The number of unbranched alkanes of at least 4 members (excludes halogenated alkanes) is 3. The van der Waals surface area contributed by atoms with Crippen molar-refractivity contribution in [1.29, 1.82) is 0 Å². The molecule has 0 unspecified atom stereocenters. The summed E-state index contributed by atoms with van der Waals surface area (Å²) in [6, 6.07) is 0. The zero-order chi connectivity index (χ0) is 9.23. The van der Waals surface area contributed by atoms with Crippen molar-refractivity contribution in [2.75, 3.05) is 6.54 Å². The lowest BCUT2D eigenvalue weighted by atomic mass is 10.2. The van der Waals surface area contributed by atoms with Crippen molar-refractivity contribution in [3.05, 3.63) is 0 Å². The van der Waals surface area contributed by atoms with Crippen molar-refractivity contribution in [2.24, 2.45) is 0 Å². The second-order valence-corrected chi connectivity index (χ2v) is 2.46. The van der Waals surface area contributed by atoms with Gasteiger partial charge in [0.05, 0.1) is 0 Å². The van der Waals surface area contributed by atoms with E-state index in [2.05, 4.69) is 0 Å². The number of amides is 2. The zero-order valence-electron chi connectivity index (χ0n) is 6.94. The molecule has 0 fully saturated rings.